The molecule has 1 heterocycles. The van der Waals surface area contributed by atoms with Crippen molar-refractivity contribution in [1.29, 1.82) is 0 Å². The lowest BCUT2D eigenvalue weighted by Crippen LogP contribution is -2.27. The Bertz CT molecular complexity index is 664. The number of benzene rings is 1. The average molecular weight is 299 g/mol. The molecule has 0 radical (unpaired) electrons. The van der Waals surface area contributed by atoms with Crippen LogP contribution in [0.2, 0.25) is 0 Å². The average Bonchev–Trinajstić information content (AvgIpc) is 2.99. The molecule has 0 aliphatic heterocycles. The molecule has 1 aliphatic rings. The van der Waals surface area contributed by atoms with Crippen LogP contribution < -0.4 is 10.1 Å². The van der Waals surface area contributed by atoms with Crippen LogP contribution in [0.4, 0.5) is 0 Å². The first kappa shape index (κ1) is 14.6. The molecule has 1 aromatic carbocycles. The molecule has 1 aliphatic carbocycles. The summed E-state index contributed by atoms with van der Waals surface area (Å²) in [6.07, 6.45) is 4.98. The highest BCUT2D eigenvalue weighted by atomic mass is 16.5. The number of hydrogen-bond donors (Lipinski definition) is 2. The highest BCUT2D eigenvalue weighted by Gasteiger charge is 2.21. The zero-order valence-electron chi connectivity index (χ0n) is 12.8. The summed E-state index contributed by atoms with van der Waals surface area (Å²) >= 11 is 0. The third kappa shape index (κ3) is 2.98. The van der Waals surface area contributed by atoms with Gasteiger partial charge in [-0.1, -0.05) is 18.2 Å². The van der Waals surface area contributed by atoms with E-state index in [9.17, 15) is 4.79 Å². The summed E-state index contributed by atoms with van der Waals surface area (Å²) in [4.78, 5) is 12.3. The molecule has 0 unspecified atom stereocenters. The number of nitrogens with one attached hydrogen (secondary N) is 2. The minimum Gasteiger partial charge on any atom is -0.496 e. The fourth-order valence-corrected chi connectivity index (χ4v) is 2.97. The Hall–Kier alpha value is -2.30. The summed E-state index contributed by atoms with van der Waals surface area (Å²) in [6, 6.07) is 7.86. The van der Waals surface area contributed by atoms with E-state index in [1.54, 1.807) is 7.11 Å². The molecule has 0 bridgehead atoms. The number of hydrogen-bond acceptors (Lipinski definition) is 3. The van der Waals surface area contributed by atoms with Crippen molar-refractivity contribution in [3.8, 4) is 5.75 Å². The van der Waals surface area contributed by atoms with E-state index in [4.69, 9.17) is 4.74 Å². The molecule has 0 saturated heterocycles. The molecule has 5 nitrogen and oxygen atoms in total. The maximum atomic E-state index is 12.3. The van der Waals surface area contributed by atoms with Crippen molar-refractivity contribution in [3.63, 3.8) is 0 Å². The number of para-hydroxylation sites is 1. The number of aryl methyl sites for hydroxylation is 1. The van der Waals surface area contributed by atoms with Crippen molar-refractivity contribution in [1.82, 2.24) is 15.5 Å². The number of carbonyl (C=O) groups is 1. The molecule has 2 N–H and O–H groups in total. The number of aromatic amines is 1. The number of fused-ring (bicyclic) bond motifs is 1. The molecule has 5 heteroatoms. The van der Waals surface area contributed by atoms with Crippen LogP contribution in [0.5, 0.6) is 5.75 Å². The smallest absolute Gasteiger partial charge is 0.272 e. The number of amides is 1. The third-order valence-corrected chi connectivity index (χ3v) is 4.14. The fourth-order valence-electron chi connectivity index (χ4n) is 2.97. The lowest BCUT2D eigenvalue weighted by Gasteiger charge is -2.11. The van der Waals surface area contributed by atoms with Crippen LogP contribution >= 0.6 is 0 Å². The van der Waals surface area contributed by atoms with E-state index < -0.39 is 0 Å². The maximum Gasteiger partial charge on any atom is 0.272 e. The first-order chi connectivity index (χ1) is 10.8. The van der Waals surface area contributed by atoms with E-state index in [1.165, 1.54) is 6.42 Å². The van der Waals surface area contributed by atoms with Crippen LogP contribution in [0.15, 0.2) is 24.3 Å². The van der Waals surface area contributed by atoms with Gasteiger partial charge in [0, 0.05) is 17.8 Å². The van der Waals surface area contributed by atoms with Gasteiger partial charge in [-0.15, -0.1) is 0 Å². The topological polar surface area (TPSA) is 67.0 Å². The minimum atomic E-state index is -0.0886. The molecule has 1 amide bonds. The van der Waals surface area contributed by atoms with Crippen LogP contribution in [-0.2, 0) is 19.3 Å². The van der Waals surface area contributed by atoms with E-state index in [0.717, 1.165) is 48.3 Å². The molecule has 2 aromatic rings. The van der Waals surface area contributed by atoms with E-state index in [0.29, 0.717) is 12.2 Å². The van der Waals surface area contributed by atoms with Crippen LogP contribution in [0.25, 0.3) is 0 Å². The van der Waals surface area contributed by atoms with Crippen molar-refractivity contribution < 1.29 is 9.53 Å². The number of ether oxygens (including phenoxy) is 1. The molecule has 0 spiro atoms. The largest absolute Gasteiger partial charge is 0.496 e. The quantitative estimate of drug-likeness (QED) is 0.890. The zero-order valence-corrected chi connectivity index (χ0v) is 12.8. The zero-order chi connectivity index (χ0) is 15.4. The highest BCUT2D eigenvalue weighted by molar-refractivity contribution is 5.94. The Kier molecular flexibility index (Phi) is 4.42. The lowest BCUT2D eigenvalue weighted by atomic mass is 9.96. The van der Waals surface area contributed by atoms with Crippen LogP contribution in [0.3, 0.4) is 0 Å². The Balaban J connectivity index is 1.60. The first-order valence-corrected chi connectivity index (χ1v) is 7.76. The normalized spacial score (nSPS) is 13.5. The second-order valence-electron chi connectivity index (χ2n) is 5.55. The molecule has 1 aromatic heterocycles. The van der Waals surface area contributed by atoms with Gasteiger partial charge in [0.05, 0.1) is 7.11 Å². The SMILES string of the molecule is COc1ccccc1CCNC(=O)c1n[nH]c2c1CCCC2. The van der Waals surface area contributed by atoms with Crippen molar-refractivity contribution >= 4 is 5.91 Å². The van der Waals surface area contributed by atoms with Gasteiger partial charge < -0.3 is 10.1 Å². The number of H-pyrrole nitrogens is 1. The van der Waals surface area contributed by atoms with Crippen LogP contribution in [-0.4, -0.2) is 29.8 Å². The molecule has 3 rings (SSSR count). The number of rotatable bonds is 5. The molecule has 22 heavy (non-hydrogen) atoms. The summed E-state index contributed by atoms with van der Waals surface area (Å²) in [7, 11) is 1.66. The Morgan fingerprint density at radius 1 is 1.32 bits per heavy atom. The molecule has 0 saturated carbocycles. The van der Waals surface area contributed by atoms with E-state index in [-0.39, 0.29) is 5.91 Å². The van der Waals surface area contributed by atoms with Crippen LogP contribution in [0, 0.1) is 0 Å². The molecule has 0 fully saturated rings. The van der Waals surface area contributed by atoms with Gasteiger partial charge in [0.2, 0.25) is 0 Å². The highest BCUT2D eigenvalue weighted by Crippen LogP contribution is 2.22. The molecular weight excluding hydrogens is 278 g/mol. The number of carbonyl (C=O) groups excluding carboxylic acids is 1. The predicted molar refractivity (Wildman–Crippen MR) is 84.3 cm³/mol. The van der Waals surface area contributed by atoms with E-state index >= 15 is 0 Å². The van der Waals surface area contributed by atoms with Gasteiger partial charge in [0.15, 0.2) is 5.69 Å². The number of aromatic nitrogens is 2. The van der Waals surface area contributed by atoms with Crippen molar-refractivity contribution in [2.75, 3.05) is 13.7 Å². The van der Waals surface area contributed by atoms with Gasteiger partial charge in [0.1, 0.15) is 5.75 Å². The summed E-state index contributed by atoms with van der Waals surface area (Å²) in [5, 5.41) is 10.2. The second kappa shape index (κ2) is 6.64. The Morgan fingerprint density at radius 3 is 3.00 bits per heavy atom. The van der Waals surface area contributed by atoms with Gasteiger partial charge >= 0.3 is 0 Å². The number of nitrogens with zero attached hydrogens (tertiary/aromatic N) is 1. The molecule has 0 atom stereocenters. The fraction of sp³-hybridized carbons (Fsp3) is 0.412. The summed E-state index contributed by atoms with van der Waals surface area (Å²) in [5.74, 6) is 0.767. The standard InChI is InChI=1S/C17H21N3O2/c1-22-15-9-5-2-6-12(15)10-11-18-17(21)16-13-7-3-4-8-14(13)19-20-16/h2,5-6,9H,3-4,7-8,10-11H2,1H3,(H,18,21)(H,19,20). The third-order valence-electron chi connectivity index (χ3n) is 4.14. The van der Waals surface area contributed by atoms with Gasteiger partial charge in [-0.3, -0.25) is 9.89 Å². The van der Waals surface area contributed by atoms with Gasteiger partial charge in [-0.25, -0.2) is 0 Å². The first-order valence-electron chi connectivity index (χ1n) is 7.76. The summed E-state index contributed by atoms with van der Waals surface area (Å²) < 4.78 is 5.32. The number of methoxy groups -OCH3 is 1. The van der Waals surface area contributed by atoms with Gasteiger partial charge in [-0.2, -0.15) is 5.10 Å². The molecular formula is C17H21N3O2. The Morgan fingerprint density at radius 2 is 2.14 bits per heavy atom. The van der Waals surface area contributed by atoms with Crippen molar-refractivity contribution in [2.45, 2.75) is 32.1 Å². The van der Waals surface area contributed by atoms with Gasteiger partial charge in [-0.05, 0) is 43.7 Å². The van der Waals surface area contributed by atoms with Crippen molar-refractivity contribution in [2.24, 2.45) is 0 Å². The van der Waals surface area contributed by atoms with Gasteiger partial charge in [0.25, 0.3) is 5.91 Å². The monoisotopic (exact) mass is 299 g/mol. The maximum absolute atomic E-state index is 12.3. The second-order valence-corrected chi connectivity index (χ2v) is 5.55. The predicted octanol–water partition coefficient (Wildman–Crippen LogP) is 2.27. The minimum absolute atomic E-state index is 0.0886. The molecule has 116 valence electrons. The lowest BCUT2D eigenvalue weighted by molar-refractivity contribution is 0.0948. The van der Waals surface area contributed by atoms with E-state index in [2.05, 4.69) is 15.5 Å². The van der Waals surface area contributed by atoms with E-state index in [1.807, 2.05) is 24.3 Å². The van der Waals surface area contributed by atoms with Crippen molar-refractivity contribution in [3.05, 3.63) is 46.8 Å². The summed E-state index contributed by atoms with van der Waals surface area (Å²) in [6.45, 7) is 0.570. The van der Waals surface area contributed by atoms with Crippen LogP contribution in [0.1, 0.15) is 40.2 Å². The Labute approximate surface area is 130 Å². The summed E-state index contributed by atoms with van der Waals surface area (Å²) in [5.41, 5.74) is 3.88.